The van der Waals surface area contributed by atoms with Crippen LogP contribution in [0.4, 0.5) is 5.69 Å². The second kappa shape index (κ2) is 5.03. The Balaban J connectivity index is 1.54. The van der Waals surface area contributed by atoms with Crippen LogP contribution in [0.15, 0.2) is 48.5 Å². The standard InChI is InChI=1S/C19H19NO/c21-19(17-12-16(17)13-5-2-1-3-6-13)15-8-9-18-14(11-15)7-4-10-20-18/h1-3,5-6,8-9,11,16-17,20H,4,7,10,12H2. The van der Waals surface area contributed by atoms with Gasteiger partial charge < -0.3 is 5.32 Å². The van der Waals surface area contributed by atoms with Crippen LogP contribution in [0.3, 0.4) is 0 Å². The number of aryl methyl sites for hydroxylation is 1. The van der Waals surface area contributed by atoms with Gasteiger partial charge in [0.2, 0.25) is 0 Å². The highest BCUT2D eigenvalue weighted by molar-refractivity contribution is 6.00. The van der Waals surface area contributed by atoms with Gasteiger partial charge in [0.05, 0.1) is 0 Å². The van der Waals surface area contributed by atoms with Crippen molar-refractivity contribution >= 4 is 11.5 Å². The van der Waals surface area contributed by atoms with Crippen molar-refractivity contribution in [3.63, 3.8) is 0 Å². The molecule has 0 amide bonds. The van der Waals surface area contributed by atoms with Gasteiger partial charge in [-0.1, -0.05) is 30.3 Å². The first-order valence-electron chi connectivity index (χ1n) is 7.79. The fourth-order valence-electron chi connectivity index (χ4n) is 3.40. The van der Waals surface area contributed by atoms with Crippen LogP contribution < -0.4 is 5.32 Å². The SMILES string of the molecule is O=C(c1ccc2c(c1)CCCN2)C1CC1c1ccccc1. The summed E-state index contributed by atoms with van der Waals surface area (Å²) < 4.78 is 0. The molecule has 21 heavy (non-hydrogen) atoms. The summed E-state index contributed by atoms with van der Waals surface area (Å²) in [6, 6.07) is 16.6. The van der Waals surface area contributed by atoms with Crippen LogP contribution in [-0.2, 0) is 6.42 Å². The lowest BCUT2D eigenvalue weighted by Crippen LogP contribution is -2.13. The van der Waals surface area contributed by atoms with Gasteiger partial charge in [0, 0.05) is 23.7 Å². The van der Waals surface area contributed by atoms with E-state index in [-0.39, 0.29) is 5.92 Å². The number of nitrogens with one attached hydrogen (secondary N) is 1. The maximum atomic E-state index is 12.7. The number of benzene rings is 2. The number of Topliss-reactive ketones (excluding diaryl/α,β-unsaturated/α-hetero) is 1. The van der Waals surface area contributed by atoms with Crippen molar-refractivity contribution in [1.29, 1.82) is 0 Å². The van der Waals surface area contributed by atoms with E-state index >= 15 is 0 Å². The van der Waals surface area contributed by atoms with Gasteiger partial charge in [-0.2, -0.15) is 0 Å². The van der Waals surface area contributed by atoms with Gasteiger partial charge in [-0.05, 0) is 54.5 Å². The highest BCUT2D eigenvalue weighted by Gasteiger charge is 2.43. The van der Waals surface area contributed by atoms with Crippen LogP contribution >= 0.6 is 0 Å². The van der Waals surface area contributed by atoms with Crippen molar-refractivity contribution in [2.24, 2.45) is 5.92 Å². The number of rotatable bonds is 3. The van der Waals surface area contributed by atoms with Crippen LogP contribution in [0.5, 0.6) is 0 Å². The predicted molar refractivity (Wildman–Crippen MR) is 84.9 cm³/mol. The minimum absolute atomic E-state index is 0.182. The second-order valence-corrected chi connectivity index (χ2v) is 6.13. The molecule has 0 aromatic heterocycles. The Kier molecular flexibility index (Phi) is 3.03. The molecule has 2 atom stereocenters. The molecule has 1 heterocycles. The summed E-state index contributed by atoms with van der Waals surface area (Å²) in [6.45, 7) is 1.04. The molecule has 0 radical (unpaired) electrons. The molecule has 1 fully saturated rings. The van der Waals surface area contributed by atoms with E-state index in [1.807, 2.05) is 12.1 Å². The van der Waals surface area contributed by atoms with Crippen molar-refractivity contribution in [2.45, 2.75) is 25.2 Å². The molecular formula is C19H19NO. The molecule has 0 spiro atoms. The van der Waals surface area contributed by atoms with Gasteiger partial charge in [0.15, 0.2) is 5.78 Å². The molecule has 0 bridgehead atoms. The molecule has 1 aliphatic carbocycles. The van der Waals surface area contributed by atoms with E-state index in [2.05, 4.69) is 41.7 Å². The number of hydrogen-bond donors (Lipinski definition) is 1. The quantitative estimate of drug-likeness (QED) is 0.858. The summed E-state index contributed by atoms with van der Waals surface area (Å²) in [7, 11) is 0. The summed E-state index contributed by atoms with van der Waals surface area (Å²) in [5.74, 6) is 0.923. The van der Waals surface area contributed by atoms with Gasteiger partial charge in [-0.3, -0.25) is 4.79 Å². The Bertz CT molecular complexity index is 677. The molecular weight excluding hydrogens is 258 g/mol. The molecule has 2 aromatic rings. The minimum atomic E-state index is 0.182. The lowest BCUT2D eigenvalue weighted by atomic mass is 9.97. The topological polar surface area (TPSA) is 29.1 Å². The Labute approximate surface area is 125 Å². The number of carbonyl (C=O) groups is 1. The van der Waals surface area contributed by atoms with Crippen molar-refractivity contribution in [3.8, 4) is 0 Å². The van der Waals surface area contributed by atoms with Crippen LogP contribution in [0.25, 0.3) is 0 Å². The smallest absolute Gasteiger partial charge is 0.166 e. The van der Waals surface area contributed by atoms with Gasteiger partial charge in [-0.15, -0.1) is 0 Å². The van der Waals surface area contributed by atoms with Crippen molar-refractivity contribution in [1.82, 2.24) is 0 Å². The maximum absolute atomic E-state index is 12.7. The first kappa shape index (κ1) is 12.6. The third kappa shape index (κ3) is 2.35. The Morgan fingerprint density at radius 3 is 2.81 bits per heavy atom. The third-order valence-corrected chi connectivity index (χ3v) is 4.68. The van der Waals surface area contributed by atoms with E-state index in [4.69, 9.17) is 0 Å². The molecule has 1 saturated carbocycles. The number of carbonyl (C=O) groups excluding carboxylic acids is 1. The lowest BCUT2D eigenvalue weighted by molar-refractivity contribution is 0.0965. The first-order chi connectivity index (χ1) is 10.3. The molecule has 2 unspecified atom stereocenters. The molecule has 106 valence electrons. The highest BCUT2D eigenvalue weighted by Crippen LogP contribution is 2.49. The van der Waals surface area contributed by atoms with E-state index in [1.54, 1.807) is 0 Å². The van der Waals surface area contributed by atoms with Crippen LogP contribution in [0.1, 0.15) is 40.2 Å². The number of fused-ring (bicyclic) bond motifs is 1. The molecule has 4 rings (SSSR count). The Hall–Kier alpha value is -2.09. The number of hydrogen-bond acceptors (Lipinski definition) is 2. The van der Waals surface area contributed by atoms with Gasteiger partial charge in [-0.25, -0.2) is 0 Å². The summed E-state index contributed by atoms with van der Waals surface area (Å²) in [4.78, 5) is 12.7. The lowest BCUT2D eigenvalue weighted by Gasteiger charge is -2.18. The van der Waals surface area contributed by atoms with Crippen molar-refractivity contribution < 1.29 is 4.79 Å². The average Bonchev–Trinajstić information content (AvgIpc) is 3.35. The molecule has 2 aliphatic rings. The summed E-state index contributed by atoms with van der Waals surface area (Å²) >= 11 is 0. The average molecular weight is 277 g/mol. The van der Waals surface area contributed by atoms with Crippen molar-refractivity contribution in [2.75, 3.05) is 11.9 Å². The second-order valence-electron chi connectivity index (χ2n) is 6.13. The first-order valence-corrected chi connectivity index (χ1v) is 7.79. The Morgan fingerprint density at radius 2 is 1.95 bits per heavy atom. The zero-order valence-corrected chi connectivity index (χ0v) is 12.0. The van der Waals surface area contributed by atoms with Gasteiger partial charge in [0.25, 0.3) is 0 Å². The molecule has 2 aromatic carbocycles. The number of anilines is 1. The van der Waals surface area contributed by atoms with E-state index in [0.29, 0.717) is 11.7 Å². The normalized spacial score (nSPS) is 23.0. The highest BCUT2D eigenvalue weighted by atomic mass is 16.1. The minimum Gasteiger partial charge on any atom is -0.385 e. The van der Waals surface area contributed by atoms with E-state index in [0.717, 1.165) is 31.4 Å². The zero-order valence-electron chi connectivity index (χ0n) is 12.0. The Morgan fingerprint density at radius 1 is 1.10 bits per heavy atom. The molecule has 1 N–H and O–H groups in total. The van der Waals surface area contributed by atoms with Crippen LogP contribution in [0, 0.1) is 5.92 Å². The van der Waals surface area contributed by atoms with Crippen molar-refractivity contribution in [3.05, 3.63) is 65.2 Å². The summed E-state index contributed by atoms with van der Waals surface area (Å²) in [6.07, 6.45) is 3.23. The maximum Gasteiger partial charge on any atom is 0.166 e. The summed E-state index contributed by atoms with van der Waals surface area (Å²) in [5, 5.41) is 3.40. The van der Waals surface area contributed by atoms with E-state index < -0.39 is 0 Å². The monoisotopic (exact) mass is 277 g/mol. The van der Waals surface area contributed by atoms with Gasteiger partial charge in [0.1, 0.15) is 0 Å². The van der Waals surface area contributed by atoms with Crippen LogP contribution in [0.2, 0.25) is 0 Å². The summed E-state index contributed by atoms with van der Waals surface area (Å²) in [5.41, 5.74) is 4.69. The van der Waals surface area contributed by atoms with Gasteiger partial charge >= 0.3 is 0 Å². The zero-order chi connectivity index (χ0) is 14.2. The van der Waals surface area contributed by atoms with E-state index in [9.17, 15) is 4.79 Å². The third-order valence-electron chi connectivity index (χ3n) is 4.68. The molecule has 1 aliphatic heterocycles. The molecule has 2 heteroatoms. The molecule has 0 saturated heterocycles. The fraction of sp³-hybridized carbons (Fsp3) is 0.316. The predicted octanol–water partition coefficient (Wildman–Crippen LogP) is 4.03. The largest absolute Gasteiger partial charge is 0.385 e. The number of ketones is 1. The fourth-order valence-corrected chi connectivity index (χ4v) is 3.40. The van der Waals surface area contributed by atoms with E-state index in [1.165, 1.54) is 16.8 Å². The van der Waals surface area contributed by atoms with Crippen LogP contribution in [-0.4, -0.2) is 12.3 Å². The molecule has 2 nitrogen and oxygen atoms in total.